The predicted molar refractivity (Wildman–Crippen MR) is 72.0 cm³/mol. The third kappa shape index (κ3) is 9.17. The van der Waals surface area contributed by atoms with Crippen LogP contribution in [0.1, 0.15) is 59.3 Å². The van der Waals surface area contributed by atoms with Crippen molar-refractivity contribution in [2.75, 3.05) is 32.8 Å². The fourth-order valence-corrected chi connectivity index (χ4v) is 1.94. The lowest BCUT2D eigenvalue weighted by atomic mass is 10.1. The number of hydrogen-bond donors (Lipinski definition) is 0. The van der Waals surface area contributed by atoms with Gasteiger partial charge in [-0.1, -0.05) is 52.9 Å². The highest BCUT2D eigenvalue weighted by molar-refractivity contribution is 4.61. The van der Waals surface area contributed by atoms with Gasteiger partial charge in [-0.3, -0.25) is 4.90 Å². The number of unbranched alkanes of at least 4 members (excludes halogenated alkanes) is 5. The Kier molecular flexibility index (Phi) is 12.9. The molecule has 0 bridgehead atoms. The first-order chi connectivity index (χ1) is 7.93. The Hall–Kier alpha value is -0.0800. The van der Waals surface area contributed by atoms with Crippen molar-refractivity contribution in [3.05, 3.63) is 0 Å². The Bertz CT molecular complexity index is 122. The first-order valence-electron chi connectivity index (χ1n) is 7.23. The average molecular weight is 229 g/mol. The monoisotopic (exact) mass is 229 g/mol. The molecule has 1 aliphatic rings. The van der Waals surface area contributed by atoms with Gasteiger partial charge in [-0.05, 0) is 13.0 Å². The van der Waals surface area contributed by atoms with Gasteiger partial charge >= 0.3 is 0 Å². The summed E-state index contributed by atoms with van der Waals surface area (Å²) in [5, 5.41) is 0. The topological polar surface area (TPSA) is 12.5 Å². The van der Waals surface area contributed by atoms with Crippen molar-refractivity contribution in [2.45, 2.75) is 59.3 Å². The molecule has 0 atom stereocenters. The molecule has 0 aromatic carbocycles. The number of hydrogen-bond acceptors (Lipinski definition) is 2. The SMILES string of the molecule is CC.CCCCCCCCN1CCOCC1. The minimum absolute atomic E-state index is 0.940. The number of morpholine rings is 1. The van der Waals surface area contributed by atoms with Gasteiger partial charge in [0.2, 0.25) is 0 Å². The van der Waals surface area contributed by atoms with Crippen LogP contribution in [0.25, 0.3) is 0 Å². The summed E-state index contributed by atoms with van der Waals surface area (Å²) in [5.41, 5.74) is 0. The largest absolute Gasteiger partial charge is 0.379 e. The van der Waals surface area contributed by atoms with Gasteiger partial charge in [0, 0.05) is 13.1 Å². The summed E-state index contributed by atoms with van der Waals surface area (Å²) < 4.78 is 5.32. The molecule has 0 N–H and O–H groups in total. The molecule has 1 heterocycles. The van der Waals surface area contributed by atoms with E-state index in [-0.39, 0.29) is 0 Å². The zero-order valence-electron chi connectivity index (χ0n) is 11.6. The molecule has 1 rings (SSSR count). The van der Waals surface area contributed by atoms with Crippen LogP contribution in [0.2, 0.25) is 0 Å². The van der Waals surface area contributed by atoms with E-state index in [4.69, 9.17) is 4.74 Å². The molecule has 0 spiro atoms. The van der Waals surface area contributed by atoms with Gasteiger partial charge < -0.3 is 4.74 Å². The van der Waals surface area contributed by atoms with Gasteiger partial charge in [0.1, 0.15) is 0 Å². The molecule has 0 aliphatic carbocycles. The van der Waals surface area contributed by atoms with Gasteiger partial charge in [-0.2, -0.15) is 0 Å². The van der Waals surface area contributed by atoms with E-state index < -0.39 is 0 Å². The Balaban J connectivity index is 0.00000106. The highest BCUT2D eigenvalue weighted by Crippen LogP contribution is 2.06. The lowest BCUT2D eigenvalue weighted by Crippen LogP contribution is -2.36. The molecular weight excluding hydrogens is 198 g/mol. The van der Waals surface area contributed by atoms with Crippen LogP contribution in [0.4, 0.5) is 0 Å². The van der Waals surface area contributed by atoms with Crippen LogP contribution in [0.3, 0.4) is 0 Å². The summed E-state index contributed by atoms with van der Waals surface area (Å²) in [6, 6.07) is 0. The van der Waals surface area contributed by atoms with E-state index in [1.165, 1.54) is 45.1 Å². The van der Waals surface area contributed by atoms with Gasteiger partial charge in [0.25, 0.3) is 0 Å². The third-order valence-corrected chi connectivity index (χ3v) is 2.93. The van der Waals surface area contributed by atoms with Crippen molar-refractivity contribution >= 4 is 0 Å². The van der Waals surface area contributed by atoms with Gasteiger partial charge in [0.15, 0.2) is 0 Å². The van der Waals surface area contributed by atoms with E-state index in [1.54, 1.807) is 0 Å². The molecule has 0 unspecified atom stereocenters. The van der Waals surface area contributed by atoms with Gasteiger partial charge in [-0.25, -0.2) is 0 Å². The molecule has 0 radical (unpaired) electrons. The van der Waals surface area contributed by atoms with E-state index >= 15 is 0 Å². The molecule has 1 saturated heterocycles. The first-order valence-corrected chi connectivity index (χ1v) is 7.23. The average Bonchev–Trinajstić information content (AvgIpc) is 2.37. The molecule has 2 nitrogen and oxygen atoms in total. The van der Waals surface area contributed by atoms with Crippen LogP contribution in [-0.4, -0.2) is 37.7 Å². The van der Waals surface area contributed by atoms with Gasteiger partial charge in [0.05, 0.1) is 13.2 Å². The smallest absolute Gasteiger partial charge is 0.0594 e. The van der Waals surface area contributed by atoms with Crippen molar-refractivity contribution in [3.63, 3.8) is 0 Å². The van der Waals surface area contributed by atoms with E-state index in [0.717, 1.165) is 26.3 Å². The normalized spacial score (nSPS) is 16.7. The van der Waals surface area contributed by atoms with Crippen molar-refractivity contribution in [1.29, 1.82) is 0 Å². The molecule has 0 saturated carbocycles. The zero-order chi connectivity index (χ0) is 12.1. The van der Waals surface area contributed by atoms with Crippen LogP contribution in [0.15, 0.2) is 0 Å². The third-order valence-electron chi connectivity index (χ3n) is 2.93. The van der Waals surface area contributed by atoms with Crippen LogP contribution in [0.5, 0.6) is 0 Å². The number of nitrogens with zero attached hydrogens (tertiary/aromatic N) is 1. The second kappa shape index (κ2) is 13.0. The maximum Gasteiger partial charge on any atom is 0.0594 e. The number of ether oxygens (including phenoxy) is 1. The Labute approximate surface area is 102 Å². The van der Waals surface area contributed by atoms with Gasteiger partial charge in [-0.15, -0.1) is 0 Å². The number of rotatable bonds is 7. The first kappa shape index (κ1) is 15.9. The standard InChI is InChI=1S/C12H25NO.C2H6/c1-2-3-4-5-6-7-8-13-9-11-14-12-10-13;1-2/h2-12H2,1H3;1-2H3. The van der Waals surface area contributed by atoms with Crippen molar-refractivity contribution < 1.29 is 4.74 Å². The van der Waals surface area contributed by atoms with Crippen LogP contribution >= 0.6 is 0 Å². The molecule has 2 heteroatoms. The minimum Gasteiger partial charge on any atom is -0.379 e. The summed E-state index contributed by atoms with van der Waals surface area (Å²) >= 11 is 0. The fraction of sp³-hybridized carbons (Fsp3) is 1.00. The quantitative estimate of drug-likeness (QED) is 0.617. The lowest BCUT2D eigenvalue weighted by Gasteiger charge is -2.26. The molecule has 0 aromatic rings. The Morgan fingerprint density at radius 1 is 0.875 bits per heavy atom. The molecule has 0 amide bonds. The summed E-state index contributed by atoms with van der Waals surface area (Å²) in [6.45, 7) is 11.7. The second-order valence-corrected chi connectivity index (χ2v) is 4.22. The summed E-state index contributed by atoms with van der Waals surface area (Å²) in [7, 11) is 0. The van der Waals surface area contributed by atoms with E-state index in [9.17, 15) is 0 Å². The van der Waals surface area contributed by atoms with Crippen LogP contribution < -0.4 is 0 Å². The van der Waals surface area contributed by atoms with E-state index in [1.807, 2.05) is 13.8 Å². The van der Waals surface area contributed by atoms with Crippen molar-refractivity contribution in [1.82, 2.24) is 4.90 Å². The zero-order valence-corrected chi connectivity index (χ0v) is 11.6. The Morgan fingerprint density at radius 3 is 2.06 bits per heavy atom. The van der Waals surface area contributed by atoms with Crippen LogP contribution in [-0.2, 0) is 4.74 Å². The molecule has 16 heavy (non-hydrogen) atoms. The van der Waals surface area contributed by atoms with Crippen molar-refractivity contribution in [3.8, 4) is 0 Å². The molecule has 1 aliphatic heterocycles. The molecule has 1 fully saturated rings. The highest BCUT2D eigenvalue weighted by Gasteiger charge is 2.08. The lowest BCUT2D eigenvalue weighted by molar-refractivity contribution is 0.0371. The van der Waals surface area contributed by atoms with E-state index in [2.05, 4.69) is 11.8 Å². The molecule has 98 valence electrons. The summed E-state index contributed by atoms with van der Waals surface area (Å²) in [5.74, 6) is 0. The maximum atomic E-state index is 5.32. The minimum atomic E-state index is 0.940. The summed E-state index contributed by atoms with van der Waals surface area (Å²) in [4.78, 5) is 2.53. The molecule has 0 aromatic heterocycles. The second-order valence-electron chi connectivity index (χ2n) is 4.22. The Morgan fingerprint density at radius 2 is 1.44 bits per heavy atom. The van der Waals surface area contributed by atoms with E-state index in [0.29, 0.717) is 0 Å². The van der Waals surface area contributed by atoms with Crippen LogP contribution in [0, 0.1) is 0 Å². The highest BCUT2D eigenvalue weighted by atomic mass is 16.5. The molecular formula is C14H31NO. The summed E-state index contributed by atoms with van der Waals surface area (Å²) in [6.07, 6.45) is 8.42. The predicted octanol–water partition coefficient (Wildman–Crippen LogP) is 3.71. The fourth-order valence-electron chi connectivity index (χ4n) is 1.94. The maximum absolute atomic E-state index is 5.32. The van der Waals surface area contributed by atoms with Crippen molar-refractivity contribution in [2.24, 2.45) is 0 Å².